The highest BCUT2D eigenvalue weighted by molar-refractivity contribution is 5.86. The van der Waals surface area contributed by atoms with Crippen LogP contribution in [0.25, 0.3) is 0 Å². The quantitative estimate of drug-likeness (QED) is 0.880. The zero-order chi connectivity index (χ0) is 16.4. The number of benzene rings is 2. The normalized spacial score (nSPS) is 15.1. The molecule has 4 heteroatoms. The number of anilines is 1. The Kier molecular flexibility index (Phi) is 4.33. The largest absolute Gasteiger partial charge is 0.370 e. The van der Waals surface area contributed by atoms with Crippen molar-refractivity contribution >= 4 is 11.6 Å². The van der Waals surface area contributed by atoms with Crippen molar-refractivity contribution < 1.29 is 9.18 Å². The van der Waals surface area contributed by atoms with Crippen molar-refractivity contribution in [2.24, 2.45) is 0 Å². The maximum atomic E-state index is 13.2. The fourth-order valence-corrected chi connectivity index (χ4v) is 2.47. The molecule has 0 bridgehead atoms. The van der Waals surface area contributed by atoms with E-state index in [1.807, 2.05) is 25.1 Å². The van der Waals surface area contributed by atoms with E-state index in [0.29, 0.717) is 0 Å². The number of hydrogen-bond donors (Lipinski definition) is 2. The van der Waals surface area contributed by atoms with Crippen LogP contribution in [-0.2, 0) is 4.79 Å². The molecule has 1 amide bonds. The van der Waals surface area contributed by atoms with Gasteiger partial charge in [0.15, 0.2) is 0 Å². The Hall–Kier alpha value is -2.36. The van der Waals surface area contributed by atoms with Crippen LogP contribution in [0.2, 0.25) is 0 Å². The molecule has 0 aliphatic heterocycles. The monoisotopic (exact) mass is 312 g/mol. The van der Waals surface area contributed by atoms with Gasteiger partial charge in [0.2, 0.25) is 5.91 Å². The van der Waals surface area contributed by atoms with Gasteiger partial charge in [0.05, 0.1) is 0 Å². The Morgan fingerprint density at radius 1 is 1.09 bits per heavy atom. The van der Waals surface area contributed by atoms with Crippen LogP contribution in [0, 0.1) is 19.7 Å². The van der Waals surface area contributed by atoms with E-state index < -0.39 is 6.04 Å². The van der Waals surface area contributed by atoms with Crippen molar-refractivity contribution in [1.29, 1.82) is 0 Å². The molecule has 1 aliphatic rings. The molecule has 0 heterocycles. The van der Waals surface area contributed by atoms with E-state index in [1.54, 1.807) is 12.1 Å². The second kappa shape index (κ2) is 6.41. The maximum Gasteiger partial charge on any atom is 0.247 e. The molecule has 1 aliphatic carbocycles. The maximum absolute atomic E-state index is 13.2. The van der Waals surface area contributed by atoms with E-state index in [0.717, 1.165) is 29.7 Å². The summed E-state index contributed by atoms with van der Waals surface area (Å²) in [5.41, 5.74) is 4.00. The summed E-state index contributed by atoms with van der Waals surface area (Å²) in [7, 11) is 0. The molecule has 0 radical (unpaired) electrons. The fraction of sp³-hybridized carbons (Fsp3) is 0.316. The topological polar surface area (TPSA) is 41.1 Å². The van der Waals surface area contributed by atoms with Crippen LogP contribution in [0.5, 0.6) is 0 Å². The van der Waals surface area contributed by atoms with Crippen LogP contribution in [0.4, 0.5) is 10.1 Å². The van der Waals surface area contributed by atoms with Gasteiger partial charge in [-0.15, -0.1) is 0 Å². The van der Waals surface area contributed by atoms with Gasteiger partial charge in [0.1, 0.15) is 11.9 Å². The van der Waals surface area contributed by atoms with E-state index in [4.69, 9.17) is 0 Å². The third-order valence-corrected chi connectivity index (χ3v) is 4.21. The standard InChI is InChI=1S/C19H21FN2O/c1-12-3-8-17(11-13(12)2)21-18(19(23)22-16-9-10-16)14-4-6-15(20)7-5-14/h3-8,11,16,18,21H,9-10H2,1-2H3,(H,22,23)/t18-/m1/s1. The molecular formula is C19H21FN2O. The van der Waals surface area contributed by atoms with Crippen LogP contribution in [0.1, 0.15) is 35.6 Å². The van der Waals surface area contributed by atoms with Gasteiger partial charge in [-0.25, -0.2) is 4.39 Å². The molecule has 0 spiro atoms. The predicted molar refractivity (Wildman–Crippen MR) is 89.8 cm³/mol. The second-order valence-electron chi connectivity index (χ2n) is 6.21. The molecule has 2 aromatic carbocycles. The third-order valence-electron chi connectivity index (χ3n) is 4.21. The van der Waals surface area contributed by atoms with Crippen LogP contribution in [-0.4, -0.2) is 11.9 Å². The van der Waals surface area contributed by atoms with Crippen LogP contribution in [0.3, 0.4) is 0 Å². The van der Waals surface area contributed by atoms with Gasteiger partial charge >= 0.3 is 0 Å². The van der Waals surface area contributed by atoms with Gasteiger partial charge in [-0.3, -0.25) is 4.79 Å². The lowest BCUT2D eigenvalue weighted by Crippen LogP contribution is -2.34. The van der Waals surface area contributed by atoms with Crippen LogP contribution < -0.4 is 10.6 Å². The minimum Gasteiger partial charge on any atom is -0.370 e. The zero-order valence-corrected chi connectivity index (χ0v) is 13.4. The molecule has 3 rings (SSSR count). The molecule has 0 unspecified atom stereocenters. The first-order valence-corrected chi connectivity index (χ1v) is 7.92. The van der Waals surface area contributed by atoms with Gasteiger partial charge in [-0.05, 0) is 67.6 Å². The van der Waals surface area contributed by atoms with Crippen LogP contribution >= 0.6 is 0 Å². The van der Waals surface area contributed by atoms with E-state index in [9.17, 15) is 9.18 Å². The average Bonchev–Trinajstić information content (AvgIpc) is 3.33. The first kappa shape index (κ1) is 15.5. The molecule has 1 fully saturated rings. The highest BCUT2D eigenvalue weighted by Gasteiger charge is 2.28. The van der Waals surface area contributed by atoms with E-state index in [1.165, 1.54) is 17.7 Å². The SMILES string of the molecule is Cc1ccc(N[C@@H](C(=O)NC2CC2)c2ccc(F)cc2)cc1C. The zero-order valence-electron chi connectivity index (χ0n) is 13.4. The number of amides is 1. The van der Waals surface area contributed by atoms with Crippen molar-refractivity contribution in [3.8, 4) is 0 Å². The first-order valence-electron chi connectivity index (χ1n) is 7.92. The Bertz CT molecular complexity index is 708. The number of aryl methyl sites for hydroxylation is 2. The highest BCUT2D eigenvalue weighted by atomic mass is 19.1. The summed E-state index contributed by atoms with van der Waals surface area (Å²) in [6.07, 6.45) is 2.07. The minimum atomic E-state index is -0.529. The number of carbonyl (C=O) groups excluding carboxylic acids is 1. The Morgan fingerprint density at radius 3 is 2.39 bits per heavy atom. The van der Waals surface area contributed by atoms with Gasteiger partial charge in [-0.1, -0.05) is 18.2 Å². The molecule has 2 N–H and O–H groups in total. The lowest BCUT2D eigenvalue weighted by atomic mass is 10.0. The summed E-state index contributed by atoms with van der Waals surface area (Å²) < 4.78 is 13.2. The Balaban J connectivity index is 1.85. The van der Waals surface area contributed by atoms with E-state index >= 15 is 0 Å². The molecular weight excluding hydrogens is 291 g/mol. The van der Waals surface area contributed by atoms with Crippen molar-refractivity contribution in [2.45, 2.75) is 38.8 Å². The number of nitrogens with one attached hydrogen (secondary N) is 2. The lowest BCUT2D eigenvalue weighted by Gasteiger charge is -2.20. The number of rotatable bonds is 5. The van der Waals surface area contributed by atoms with Gasteiger partial charge in [0, 0.05) is 11.7 Å². The lowest BCUT2D eigenvalue weighted by molar-refractivity contribution is -0.122. The fourth-order valence-electron chi connectivity index (χ4n) is 2.47. The van der Waals surface area contributed by atoms with Gasteiger partial charge in [0.25, 0.3) is 0 Å². The molecule has 3 nitrogen and oxygen atoms in total. The van der Waals surface area contributed by atoms with Gasteiger partial charge in [-0.2, -0.15) is 0 Å². The molecule has 0 saturated heterocycles. The molecule has 1 saturated carbocycles. The Labute approximate surface area is 135 Å². The molecule has 0 aromatic heterocycles. The summed E-state index contributed by atoms with van der Waals surface area (Å²) in [6.45, 7) is 4.09. The smallest absolute Gasteiger partial charge is 0.247 e. The number of halogens is 1. The summed E-state index contributed by atoms with van der Waals surface area (Å²) >= 11 is 0. The van der Waals surface area contributed by atoms with Crippen LogP contribution in [0.15, 0.2) is 42.5 Å². The first-order chi connectivity index (χ1) is 11.0. The second-order valence-corrected chi connectivity index (χ2v) is 6.21. The number of hydrogen-bond acceptors (Lipinski definition) is 2. The van der Waals surface area contributed by atoms with Crippen molar-refractivity contribution in [3.63, 3.8) is 0 Å². The highest BCUT2D eigenvalue weighted by Crippen LogP contribution is 2.25. The van der Waals surface area contributed by atoms with E-state index in [-0.39, 0.29) is 17.8 Å². The van der Waals surface area contributed by atoms with Crippen molar-refractivity contribution in [2.75, 3.05) is 5.32 Å². The average molecular weight is 312 g/mol. The minimum absolute atomic E-state index is 0.0719. The van der Waals surface area contributed by atoms with Gasteiger partial charge < -0.3 is 10.6 Å². The summed E-state index contributed by atoms with van der Waals surface area (Å²) in [5.74, 6) is -0.376. The molecule has 2 aromatic rings. The summed E-state index contributed by atoms with van der Waals surface area (Å²) in [5, 5.41) is 6.30. The number of carbonyl (C=O) groups is 1. The predicted octanol–water partition coefficient (Wildman–Crippen LogP) is 3.87. The van der Waals surface area contributed by atoms with Crippen molar-refractivity contribution in [3.05, 3.63) is 65.0 Å². The van der Waals surface area contributed by atoms with Crippen molar-refractivity contribution in [1.82, 2.24) is 5.32 Å². The summed E-state index contributed by atoms with van der Waals surface area (Å²) in [6, 6.07) is 11.8. The summed E-state index contributed by atoms with van der Waals surface area (Å²) in [4.78, 5) is 12.6. The molecule has 23 heavy (non-hydrogen) atoms. The van der Waals surface area contributed by atoms with E-state index in [2.05, 4.69) is 17.6 Å². The third kappa shape index (κ3) is 3.89. The molecule has 120 valence electrons. The molecule has 1 atom stereocenters. The Morgan fingerprint density at radius 2 is 1.78 bits per heavy atom.